The van der Waals surface area contributed by atoms with E-state index in [9.17, 15) is 0 Å². The maximum atomic E-state index is 6.25. The zero-order chi connectivity index (χ0) is 15.2. The molecule has 0 fully saturated rings. The summed E-state index contributed by atoms with van der Waals surface area (Å²) in [6.07, 6.45) is 0.864. The van der Waals surface area contributed by atoms with E-state index in [1.54, 1.807) is 7.11 Å². The molecule has 0 bridgehead atoms. The van der Waals surface area contributed by atoms with Crippen molar-refractivity contribution in [3.63, 3.8) is 0 Å². The lowest BCUT2D eigenvalue weighted by Crippen LogP contribution is -2.11. The molecule has 0 saturated carbocycles. The second-order valence-electron chi connectivity index (χ2n) is 4.67. The Balaban J connectivity index is 2.11. The number of rotatable bonds is 7. The molecule has 1 heterocycles. The molecular formula is C16H20BrNO3. The Morgan fingerprint density at radius 2 is 2.05 bits per heavy atom. The van der Waals surface area contributed by atoms with Crippen LogP contribution in [-0.2, 0) is 11.2 Å². The first-order valence-electron chi connectivity index (χ1n) is 6.91. The maximum absolute atomic E-state index is 6.25. The molecule has 0 amide bonds. The lowest BCUT2D eigenvalue weighted by atomic mass is 10.1. The predicted molar refractivity (Wildman–Crippen MR) is 85.6 cm³/mol. The standard InChI is InChI=1S/C16H20BrNO3/c1-3-12-5-7-15(21-12)16(18)11-4-6-14(13(17)10-11)20-9-8-19-2/h4-7,10,16H,3,8-9,18H2,1-2H3. The summed E-state index contributed by atoms with van der Waals surface area (Å²) in [5.74, 6) is 2.49. The van der Waals surface area contributed by atoms with Crippen molar-refractivity contribution in [2.45, 2.75) is 19.4 Å². The van der Waals surface area contributed by atoms with Crippen LogP contribution in [0.25, 0.3) is 0 Å². The van der Waals surface area contributed by atoms with Gasteiger partial charge in [0.15, 0.2) is 0 Å². The zero-order valence-corrected chi connectivity index (χ0v) is 13.9. The first kappa shape index (κ1) is 16.1. The van der Waals surface area contributed by atoms with Gasteiger partial charge in [0, 0.05) is 13.5 Å². The Hall–Kier alpha value is -1.30. The Kier molecular flexibility index (Phi) is 5.85. The van der Waals surface area contributed by atoms with Crippen LogP contribution in [0.2, 0.25) is 0 Å². The Bertz CT molecular complexity index is 583. The summed E-state index contributed by atoms with van der Waals surface area (Å²) >= 11 is 3.51. The molecule has 1 aromatic heterocycles. The van der Waals surface area contributed by atoms with Gasteiger partial charge < -0.3 is 19.6 Å². The van der Waals surface area contributed by atoms with Gasteiger partial charge in [-0.15, -0.1) is 0 Å². The number of benzene rings is 1. The fraction of sp³-hybridized carbons (Fsp3) is 0.375. The molecule has 0 spiro atoms. The summed E-state index contributed by atoms with van der Waals surface area (Å²) in [4.78, 5) is 0. The molecule has 0 radical (unpaired) electrons. The highest BCUT2D eigenvalue weighted by Gasteiger charge is 2.14. The summed E-state index contributed by atoms with van der Waals surface area (Å²) in [5, 5.41) is 0. The Labute approximate surface area is 133 Å². The molecule has 1 atom stereocenters. The van der Waals surface area contributed by atoms with Gasteiger partial charge in [-0.1, -0.05) is 13.0 Å². The number of hydrogen-bond donors (Lipinski definition) is 1. The summed E-state index contributed by atoms with van der Waals surface area (Å²) in [6.45, 7) is 3.12. The van der Waals surface area contributed by atoms with E-state index in [2.05, 4.69) is 22.9 Å². The molecule has 2 aromatic rings. The second kappa shape index (κ2) is 7.64. The van der Waals surface area contributed by atoms with E-state index < -0.39 is 0 Å². The molecule has 0 aliphatic rings. The highest BCUT2D eigenvalue weighted by molar-refractivity contribution is 9.10. The van der Waals surface area contributed by atoms with Gasteiger partial charge in [-0.25, -0.2) is 0 Å². The van der Waals surface area contributed by atoms with Crippen molar-refractivity contribution in [2.24, 2.45) is 5.73 Å². The van der Waals surface area contributed by atoms with Crippen molar-refractivity contribution in [3.8, 4) is 5.75 Å². The average molecular weight is 354 g/mol. The van der Waals surface area contributed by atoms with E-state index in [1.807, 2.05) is 30.3 Å². The molecule has 1 aromatic carbocycles. The van der Waals surface area contributed by atoms with Crippen LogP contribution in [0.15, 0.2) is 39.2 Å². The van der Waals surface area contributed by atoms with Gasteiger partial charge in [-0.3, -0.25) is 0 Å². The number of ether oxygens (including phenoxy) is 2. The quantitative estimate of drug-likeness (QED) is 0.771. The predicted octanol–water partition coefficient (Wildman–Crippen LogP) is 3.68. The number of nitrogens with two attached hydrogens (primary N) is 1. The largest absolute Gasteiger partial charge is 0.490 e. The number of hydrogen-bond acceptors (Lipinski definition) is 4. The van der Waals surface area contributed by atoms with Gasteiger partial charge >= 0.3 is 0 Å². The van der Waals surface area contributed by atoms with Crippen molar-refractivity contribution < 1.29 is 13.9 Å². The molecule has 0 aliphatic heterocycles. The normalized spacial score (nSPS) is 12.4. The van der Waals surface area contributed by atoms with Crippen LogP contribution in [0.5, 0.6) is 5.75 Å². The Morgan fingerprint density at radius 1 is 1.24 bits per heavy atom. The summed E-state index contributed by atoms with van der Waals surface area (Å²) < 4.78 is 17.1. The van der Waals surface area contributed by atoms with Gasteiger partial charge in [0.05, 0.1) is 17.1 Å². The molecule has 114 valence electrons. The molecule has 4 nitrogen and oxygen atoms in total. The molecule has 2 rings (SSSR count). The third kappa shape index (κ3) is 4.09. The van der Waals surface area contributed by atoms with E-state index in [0.717, 1.165) is 33.7 Å². The van der Waals surface area contributed by atoms with Crippen LogP contribution in [0.1, 0.15) is 30.0 Å². The fourth-order valence-corrected chi connectivity index (χ4v) is 2.49. The number of aryl methyl sites for hydroxylation is 1. The van der Waals surface area contributed by atoms with E-state index in [0.29, 0.717) is 13.2 Å². The molecule has 0 aliphatic carbocycles. The summed E-state index contributed by atoms with van der Waals surface area (Å²) in [5.41, 5.74) is 7.22. The topological polar surface area (TPSA) is 57.6 Å². The summed E-state index contributed by atoms with van der Waals surface area (Å²) in [7, 11) is 1.65. The lowest BCUT2D eigenvalue weighted by molar-refractivity contribution is 0.146. The average Bonchev–Trinajstić information content (AvgIpc) is 2.97. The second-order valence-corrected chi connectivity index (χ2v) is 5.52. The van der Waals surface area contributed by atoms with Crippen molar-refractivity contribution in [2.75, 3.05) is 20.3 Å². The number of furan rings is 1. The van der Waals surface area contributed by atoms with E-state index >= 15 is 0 Å². The number of halogens is 1. The third-order valence-electron chi connectivity index (χ3n) is 3.20. The van der Waals surface area contributed by atoms with Crippen LogP contribution in [0.4, 0.5) is 0 Å². The first-order valence-corrected chi connectivity index (χ1v) is 7.70. The smallest absolute Gasteiger partial charge is 0.133 e. The van der Waals surface area contributed by atoms with Crippen LogP contribution >= 0.6 is 15.9 Å². The van der Waals surface area contributed by atoms with Gasteiger partial charge in [-0.2, -0.15) is 0 Å². The maximum Gasteiger partial charge on any atom is 0.133 e. The third-order valence-corrected chi connectivity index (χ3v) is 3.82. The highest BCUT2D eigenvalue weighted by Crippen LogP contribution is 2.30. The highest BCUT2D eigenvalue weighted by atomic mass is 79.9. The van der Waals surface area contributed by atoms with Crippen LogP contribution < -0.4 is 10.5 Å². The van der Waals surface area contributed by atoms with E-state index in [4.69, 9.17) is 19.6 Å². The van der Waals surface area contributed by atoms with Gasteiger partial charge in [0.2, 0.25) is 0 Å². The van der Waals surface area contributed by atoms with Crippen molar-refractivity contribution in [3.05, 3.63) is 51.9 Å². The molecule has 5 heteroatoms. The van der Waals surface area contributed by atoms with Gasteiger partial charge in [0.25, 0.3) is 0 Å². The van der Waals surface area contributed by atoms with Gasteiger partial charge in [0.1, 0.15) is 23.9 Å². The fourth-order valence-electron chi connectivity index (χ4n) is 1.98. The molecule has 21 heavy (non-hydrogen) atoms. The molecule has 0 saturated heterocycles. The molecule has 1 unspecified atom stereocenters. The first-order chi connectivity index (χ1) is 10.2. The molecule has 2 N–H and O–H groups in total. The Morgan fingerprint density at radius 3 is 2.67 bits per heavy atom. The van der Waals surface area contributed by atoms with E-state index in [1.165, 1.54) is 0 Å². The van der Waals surface area contributed by atoms with Crippen LogP contribution in [-0.4, -0.2) is 20.3 Å². The van der Waals surface area contributed by atoms with Crippen molar-refractivity contribution >= 4 is 15.9 Å². The minimum absolute atomic E-state index is 0.283. The minimum atomic E-state index is -0.283. The minimum Gasteiger partial charge on any atom is -0.490 e. The van der Waals surface area contributed by atoms with Crippen LogP contribution in [0.3, 0.4) is 0 Å². The SMILES string of the molecule is CCc1ccc(C(N)c2ccc(OCCOC)c(Br)c2)o1. The lowest BCUT2D eigenvalue weighted by Gasteiger charge is -2.13. The van der Waals surface area contributed by atoms with E-state index in [-0.39, 0.29) is 6.04 Å². The van der Waals surface area contributed by atoms with Crippen molar-refractivity contribution in [1.82, 2.24) is 0 Å². The summed E-state index contributed by atoms with van der Waals surface area (Å²) in [6, 6.07) is 9.42. The van der Waals surface area contributed by atoms with Crippen LogP contribution in [0, 0.1) is 0 Å². The number of methoxy groups -OCH3 is 1. The molecular weight excluding hydrogens is 334 g/mol. The zero-order valence-electron chi connectivity index (χ0n) is 12.3. The van der Waals surface area contributed by atoms with Crippen molar-refractivity contribution in [1.29, 1.82) is 0 Å². The van der Waals surface area contributed by atoms with Gasteiger partial charge in [-0.05, 0) is 45.8 Å². The monoisotopic (exact) mass is 353 g/mol.